The molecule has 2 atom stereocenters. The van der Waals surface area contributed by atoms with Crippen molar-refractivity contribution in [2.45, 2.75) is 32.6 Å². The molecule has 0 radical (unpaired) electrons. The Hall–Kier alpha value is -1.70. The molecule has 0 aromatic carbocycles. The molecule has 19 heavy (non-hydrogen) atoms. The van der Waals surface area contributed by atoms with E-state index < -0.39 is 0 Å². The maximum absolute atomic E-state index is 12.1. The monoisotopic (exact) mass is 256 g/mol. The zero-order valence-corrected chi connectivity index (χ0v) is 11.3. The van der Waals surface area contributed by atoms with E-state index in [-0.39, 0.29) is 23.4 Å². The lowest BCUT2D eigenvalue weighted by Gasteiger charge is -2.25. The molecular weight excluding hydrogens is 236 g/mol. The van der Waals surface area contributed by atoms with Crippen LogP contribution >= 0.6 is 0 Å². The second kappa shape index (κ2) is 6.46. The molecule has 2 aliphatic carbocycles. The topological polar surface area (TPSA) is 34.1 Å². The summed E-state index contributed by atoms with van der Waals surface area (Å²) < 4.78 is 0. The largest absolute Gasteiger partial charge is 0.299 e. The van der Waals surface area contributed by atoms with Gasteiger partial charge in [0.1, 0.15) is 11.6 Å². The van der Waals surface area contributed by atoms with Gasteiger partial charge in [-0.05, 0) is 18.4 Å². The molecule has 2 unspecified atom stereocenters. The first-order chi connectivity index (χ1) is 9.20. The summed E-state index contributed by atoms with van der Waals surface area (Å²) in [5, 5.41) is 0. The quantitative estimate of drug-likeness (QED) is 0.773. The lowest BCUT2D eigenvalue weighted by atomic mass is 9.76. The Kier molecular flexibility index (Phi) is 4.67. The van der Waals surface area contributed by atoms with Crippen molar-refractivity contribution in [2.24, 2.45) is 11.8 Å². The van der Waals surface area contributed by atoms with Crippen molar-refractivity contribution in [3.05, 3.63) is 48.1 Å². The standard InChI is InChI=1S/C17H20O2/c1-2-14-11-17(19)15(12-16(14)18)10-13-8-6-4-3-5-7-9-13/h3-9,14-15H,2,10-12H2,1H3/b4-3-,5-3?,6-4?,7-5-,8-6?,9-7?,13-8?,13-9?. The fraction of sp³-hybridized carbons (Fsp3) is 0.412. The summed E-state index contributed by atoms with van der Waals surface area (Å²) in [4.78, 5) is 24.0. The Balaban J connectivity index is 2.03. The van der Waals surface area contributed by atoms with E-state index in [1.807, 2.05) is 49.5 Å². The molecule has 0 bridgehead atoms. The minimum absolute atomic E-state index is 0.0339. The number of Topliss-reactive ketones (excluding diaryl/α,β-unsaturated/α-hetero) is 2. The van der Waals surface area contributed by atoms with Crippen molar-refractivity contribution in [3.63, 3.8) is 0 Å². The highest BCUT2D eigenvalue weighted by Crippen LogP contribution is 2.29. The van der Waals surface area contributed by atoms with Gasteiger partial charge in [0.15, 0.2) is 0 Å². The summed E-state index contributed by atoms with van der Waals surface area (Å²) in [6.45, 7) is 1.98. The summed E-state index contributed by atoms with van der Waals surface area (Å²) >= 11 is 0. The van der Waals surface area contributed by atoms with Gasteiger partial charge in [-0.1, -0.05) is 49.5 Å². The van der Waals surface area contributed by atoms with Crippen LogP contribution in [-0.2, 0) is 9.59 Å². The van der Waals surface area contributed by atoms with E-state index in [0.29, 0.717) is 19.3 Å². The van der Waals surface area contributed by atoms with Gasteiger partial charge in [0.05, 0.1) is 0 Å². The summed E-state index contributed by atoms with van der Waals surface area (Å²) in [6, 6.07) is 0. The first-order valence-corrected chi connectivity index (χ1v) is 6.96. The minimum atomic E-state index is -0.122. The zero-order valence-electron chi connectivity index (χ0n) is 11.3. The molecule has 0 amide bonds. The third kappa shape index (κ3) is 3.63. The summed E-state index contributed by atoms with van der Waals surface area (Å²) in [5.41, 5.74) is 1.11. The maximum Gasteiger partial charge on any atom is 0.137 e. The average molecular weight is 256 g/mol. The van der Waals surface area contributed by atoms with Crippen LogP contribution in [0.2, 0.25) is 0 Å². The second-order valence-electron chi connectivity index (χ2n) is 5.22. The second-order valence-corrected chi connectivity index (χ2v) is 5.22. The van der Waals surface area contributed by atoms with E-state index in [1.54, 1.807) is 0 Å². The van der Waals surface area contributed by atoms with Gasteiger partial charge in [-0.25, -0.2) is 0 Å². The Bertz CT molecular complexity index is 477. The fourth-order valence-corrected chi connectivity index (χ4v) is 2.63. The first-order valence-electron chi connectivity index (χ1n) is 6.96. The normalized spacial score (nSPS) is 30.5. The van der Waals surface area contributed by atoms with Crippen LogP contribution in [0.25, 0.3) is 0 Å². The Morgan fingerprint density at radius 2 is 1.58 bits per heavy atom. The third-order valence-electron chi connectivity index (χ3n) is 3.85. The molecule has 1 saturated carbocycles. The molecule has 2 rings (SSSR count). The van der Waals surface area contributed by atoms with E-state index in [4.69, 9.17) is 0 Å². The van der Waals surface area contributed by atoms with Crippen molar-refractivity contribution in [1.82, 2.24) is 0 Å². The van der Waals surface area contributed by atoms with E-state index in [9.17, 15) is 9.59 Å². The van der Waals surface area contributed by atoms with Crippen LogP contribution in [0.3, 0.4) is 0 Å². The van der Waals surface area contributed by atoms with Crippen molar-refractivity contribution in [3.8, 4) is 0 Å². The van der Waals surface area contributed by atoms with Crippen LogP contribution in [0.4, 0.5) is 0 Å². The number of hydrogen-bond donors (Lipinski definition) is 0. The van der Waals surface area contributed by atoms with Gasteiger partial charge in [-0.3, -0.25) is 9.59 Å². The predicted octanol–water partition coefficient (Wildman–Crippen LogP) is 3.56. The molecule has 0 saturated heterocycles. The van der Waals surface area contributed by atoms with Crippen LogP contribution in [0.15, 0.2) is 48.1 Å². The SMILES string of the molecule is CCC1CC(=O)C(CC2=C/C=C\C=C/C=C2)CC1=O. The molecule has 2 heteroatoms. The van der Waals surface area contributed by atoms with Gasteiger partial charge >= 0.3 is 0 Å². The Morgan fingerprint density at radius 1 is 0.947 bits per heavy atom. The zero-order chi connectivity index (χ0) is 13.7. The highest BCUT2D eigenvalue weighted by Gasteiger charge is 2.33. The molecular formula is C17H20O2. The lowest BCUT2D eigenvalue weighted by Crippen LogP contribution is -2.32. The smallest absolute Gasteiger partial charge is 0.137 e. The van der Waals surface area contributed by atoms with Gasteiger partial charge in [0, 0.05) is 24.7 Å². The molecule has 0 aromatic rings. The molecule has 0 aliphatic heterocycles. The van der Waals surface area contributed by atoms with Gasteiger partial charge < -0.3 is 0 Å². The number of carbonyl (C=O) groups is 2. The van der Waals surface area contributed by atoms with Crippen LogP contribution in [0.1, 0.15) is 32.6 Å². The van der Waals surface area contributed by atoms with Gasteiger partial charge in [0.25, 0.3) is 0 Å². The molecule has 0 heterocycles. The van der Waals surface area contributed by atoms with Gasteiger partial charge in [-0.2, -0.15) is 0 Å². The molecule has 0 aromatic heterocycles. The van der Waals surface area contributed by atoms with Crippen molar-refractivity contribution >= 4 is 11.6 Å². The average Bonchev–Trinajstić information content (AvgIpc) is 2.36. The van der Waals surface area contributed by atoms with E-state index >= 15 is 0 Å². The van der Waals surface area contributed by atoms with Crippen molar-refractivity contribution in [1.29, 1.82) is 0 Å². The number of rotatable bonds is 3. The summed E-state index contributed by atoms with van der Waals surface area (Å²) in [7, 11) is 0. The highest BCUT2D eigenvalue weighted by atomic mass is 16.1. The number of hydrogen-bond acceptors (Lipinski definition) is 2. The van der Waals surface area contributed by atoms with Crippen LogP contribution in [-0.4, -0.2) is 11.6 Å². The van der Waals surface area contributed by atoms with E-state index in [0.717, 1.165) is 12.0 Å². The lowest BCUT2D eigenvalue weighted by molar-refractivity contribution is -0.136. The molecule has 2 aliphatic rings. The molecule has 2 nitrogen and oxygen atoms in total. The van der Waals surface area contributed by atoms with Gasteiger partial charge in [0.2, 0.25) is 0 Å². The first kappa shape index (κ1) is 13.7. The molecule has 1 fully saturated rings. The maximum atomic E-state index is 12.1. The predicted molar refractivity (Wildman–Crippen MR) is 76.6 cm³/mol. The van der Waals surface area contributed by atoms with Gasteiger partial charge in [-0.15, -0.1) is 0 Å². The highest BCUT2D eigenvalue weighted by molar-refractivity contribution is 5.96. The molecule has 0 N–H and O–H groups in total. The third-order valence-corrected chi connectivity index (χ3v) is 3.85. The Labute approximate surface area is 114 Å². The summed E-state index contributed by atoms with van der Waals surface area (Å²) in [5.74, 6) is 0.358. The number of carbonyl (C=O) groups excluding carboxylic acids is 2. The van der Waals surface area contributed by atoms with Crippen LogP contribution in [0, 0.1) is 11.8 Å². The Morgan fingerprint density at radius 3 is 2.37 bits per heavy atom. The molecule has 100 valence electrons. The number of allylic oxidation sites excluding steroid dienone is 8. The fourth-order valence-electron chi connectivity index (χ4n) is 2.63. The van der Waals surface area contributed by atoms with Crippen LogP contribution in [0.5, 0.6) is 0 Å². The van der Waals surface area contributed by atoms with Crippen molar-refractivity contribution < 1.29 is 9.59 Å². The number of ketones is 2. The summed E-state index contributed by atoms with van der Waals surface area (Å²) in [6.07, 6.45) is 16.2. The van der Waals surface area contributed by atoms with Crippen LogP contribution < -0.4 is 0 Å². The minimum Gasteiger partial charge on any atom is -0.299 e. The molecule has 0 spiro atoms. The van der Waals surface area contributed by atoms with E-state index in [1.165, 1.54) is 0 Å². The van der Waals surface area contributed by atoms with Crippen molar-refractivity contribution in [2.75, 3.05) is 0 Å². The van der Waals surface area contributed by atoms with E-state index in [2.05, 4.69) is 0 Å².